The summed E-state index contributed by atoms with van der Waals surface area (Å²) < 4.78 is 2.98. The van der Waals surface area contributed by atoms with E-state index in [9.17, 15) is 4.79 Å². The van der Waals surface area contributed by atoms with Gasteiger partial charge in [-0.3, -0.25) is 4.79 Å². The van der Waals surface area contributed by atoms with Gasteiger partial charge in [-0.2, -0.15) is 5.10 Å². The highest BCUT2D eigenvalue weighted by Gasteiger charge is 2.25. The summed E-state index contributed by atoms with van der Waals surface area (Å²) in [5.41, 5.74) is 2.50. The van der Waals surface area contributed by atoms with Crippen LogP contribution < -0.4 is 0 Å². The molecule has 1 aliphatic heterocycles. The minimum Gasteiger partial charge on any atom is -0.335 e. The summed E-state index contributed by atoms with van der Waals surface area (Å²) in [6.07, 6.45) is 0. The molecule has 3 heterocycles. The number of para-hydroxylation sites is 1. The second kappa shape index (κ2) is 7.40. The molecule has 3 aromatic rings. The molecule has 27 heavy (non-hydrogen) atoms. The lowest BCUT2D eigenvalue weighted by Gasteiger charge is -2.33. The maximum Gasteiger partial charge on any atom is 0.274 e. The minimum atomic E-state index is 0.0208. The van der Waals surface area contributed by atoms with Crippen molar-refractivity contribution in [3.63, 3.8) is 0 Å². The molecular formula is C20H25N5OS. The van der Waals surface area contributed by atoms with E-state index in [1.165, 1.54) is 0 Å². The fraction of sp³-hybridized carbons (Fsp3) is 0.450. The van der Waals surface area contributed by atoms with E-state index in [0.717, 1.165) is 53.8 Å². The van der Waals surface area contributed by atoms with Crippen LogP contribution in [0, 0.1) is 0 Å². The summed E-state index contributed by atoms with van der Waals surface area (Å²) in [6, 6.07) is 10.0. The number of likely N-dealkylation sites (N-methyl/N-ethyl adjacent to an activating group) is 1. The molecule has 1 aromatic carbocycles. The summed E-state index contributed by atoms with van der Waals surface area (Å²) in [4.78, 5) is 22.0. The Hall–Kier alpha value is -2.25. The topological polar surface area (TPSA) is 54.3 Å². The second-order valence-electron chi connectivity index (χ2n) is 7.21. The van der Waals surface area contributed by atoms with Crippen molar-refractivity contribution in [3.05, 3.63) is 41.7 Å². The standard InChI is InChI=1S/C20H25N5OS/c1-4-23-9-11-24(12-10-23)19(26)16-13-17(14(2)3)25(22-16)20-21-15-7-5-6-8-18(15)27-20/h5-8,13-14H,4,9-12H2,1-3H3. The molecule has 0 spiro atoms. The van der Waals surface area contributed by atoms with Gasteiger partial charge in [-0.25, -0.2) is 9.67 Å². The van der Waals surface area contributed by atoms with Crippen LogP contribution in [0.5, 0.6) is 0 Å². The van der Waals surface area contributed by atoms with Crippen LogP contribution in [0.15, 0.2) is 30.3 Å². The molecule has 0 aliphatic carbocycles. The van der Waals surface area contributed by atoms with E-state index < -0.39 is 0 Å². The first-order valence-electron chi connectivity index (χ1n) is 9.54. The van der Waals surface area contributed by atoms with Gasteiger partial charge in [-0.05, 0) is 30.7 Å². The number of benzene rings is 1. The largest absolute Gasteiger partial charge is 0.335 e. The first-order valence-corrected chi connectivity index (χ1v) is 10.4. The number of nitrogens with zero attached hydrogens (tertiary/aromatic N) is 5. The van der Waals surface area contributed by atoms with E-state index in [4.69, 9.17) is 4.98 Å². The van der Waals surface area contributed by atoms with Gasteiger partial charge < -0.3 is 9.80 Å². The van der Waals surface area contributed by atoms with Gasteiger partial charge in [0.15, 0.2) is 5.69 Å². The minimum absolute atomic E-state index is 0.0208. The van der Waals surface area contributed by atoms with Crippen LogP contribution in [0.4, 0.5) is 0 Å². The van der Waals surface area contributed by atoms with Crippen molar-refractivity contribution in [2.75, 3.05) is 32.7 Å². The van der Waals surface area contributed by atoms with Crippen molar-refractivity contribution in [3.8, 4) is 5.13 Å². The van der Waals surface area contributed by atoms with Crippen molar-refractivity contribution in [1.29, 1.82) is 0 Å². The van der Waals surface area contributed by atoms with Crippen LogP contribution in [-0.4, -0.2) is 63.2 Å². The number of hydrogen-bond acceptors (Lipinski definition) is 5. The van der Waals surface area contributed by atoms with Crippen molar-refractivity contribution in [1.82, 2.24) is 24.6 Å². The predicted molar refractivity (Wildman–Crippen MR) is 109 cm³/mol. The molecule has 0 N–H and O–H groups in total. The number of piperazine rings is 1. The number of aromatic nitrogens is 3. The average molecular weight is 384 g/mol. The van der Waals surface area contributed by atoms with Crippen LogP contribution in [0.2, 0.25) is 0 Å². The first kappa shape index (κ1) is 18.1. The SMILES string of the molecule is CCN1CCN(C(=O)c2cc(C(C)C)n(-c3nc4ccccc4s3)n2)CC1. The zero-order valence-corrected chi connectivity index (χ0v) is 16.9. The molecule has 1 aliphatic rings. The predicted octanol–water partition coefficient (Wildman–Crippen LogP) is 3.38. The highest BCUT2D eigenvalue weighted by Crippen LogP contribution is 2.28. The molecule has 1 fully saturated rings. The number of fused-ring (bicyclic) bond motifs is 1. The van der Waals surface area contributed by atoms with Gasteiger partial charge in [-0.15, -0.1) is 0 Å². The Labute approximate surface area is 163 Å². The molecule has 0 unspecified atom stereocenters. The Morgan fingerprint density at radius 1 is 1.19 bits per heavy atom. The van der Waals surface area contributed by atoms with Crippen LogP contribution in [0.1, 0.15) is 42.9 Å². The third-order valence-corrected chi connectivity index (χ3v) is 6.13. The van der Waals surface area contributed by atoms with Crippen molar-refractivity contribution in [2.45, 2.75) is 26.7 Å². The summed E-state index contributed by atoms with van der Waals surface area (Å²) >= 11 is 1.60. The number of carbonyl (C=O) groups is 1. The van der Waals surface area contributed by atoms with E-state index in [2.05, 4.69) is 36.8 Å². The van der Waals surface area contributed by atoms with Gasteiger partial charge in [0.25, 0.3) is 5.91 Å². The maximum atomic E-state index is 13.0. The Morgan fingerprint density at radius 2 is 1.93 bits per heavy atom. The zero-order valence-electron chi connectivity index (χ0n) is 16.1. The summed E-state index contributed by atoms with van der Waals surface area (Å²) in [7, 11) is 0. The van der Waals surface area contributed by atoms with Gasteiger partial charge in [0.05, 0.1) is 15.9 Å². The summed E-state index contributed by atoms with van der Waals surface area (Å²) in [6.45, 7) is 10.8. The van der Waals surface area contributed by atoms with E-state index >= 15 is 0 Å². The molecule has 7 heteroatoms. The highest BCUT2D eigenvalue weighted by atomic mass is 32.1. The Kier molecular flexibility index (Phi) is 4.97. The number of amides is 1. The summed E-state index contributed by atoms with van der Waals surface area (Å²) in [5.74, 6) is 0.274. The first-order chi connectivity index (χ1) is 13.1. The van der Waals surface area contributed by atoms with Gasteiger partial charge in [-0.1, -0.05) is 44.2 Å². The molecule has 2 aromatic heterocycles. The van der Waals surface area contributed by atoms with Gasteiger partial charge in [0, 0.05) is 26.2 Å². The van der Waals surface area contributed by atoms with Gasteiger partial charge in [0.2, 0.25) is 5.13 Å². The van der Waals surface area contributed by atoms with Crippen LogP contribution >= 0.6 is 11.3 Å². The van der Waals surface area contributed by atoms with Gasteiger partial charge in [0.1, 0.15) is 0 Å². The van der Waals surface area contributed by atoms with Crippen LogP contribution in [0.25, 0.3) is 15.3 Å². The quantitative estimate of drug-likeness (QED) is 0.693. The molecule has 0 atom stereocenters. The Balaban J connectivity index is 1.65. The van der Waals surface area contributed by atoms with E-state index in [-0.39, 0.29) is 11.8 Å². The molecule has 1 saturated heterocycles. The average Bonchev–Trinajstić information content (AvgIpc) is 3.31. The fourth-order valence-corrected chi connectivity index (χ4v) is 4.38. The molecule has 0 bridgehead atoms. The number of hydrogen-bond donors (Lipinski definition) is 0. The smallest absolute Gasteiger partial charge is 0.274 e. The lowest BCUT2D eigenvalue weighted by atomic mass is 10.1. The van der Waals surface area contributed by atoms with Crippen LogP contribution in [0.3, 0.4) is 0 Å². The molecule has 1 amide bonds. The Morgan fingerprint density at radius 3 is 2.59 bits per heavy atom. The van der Waals surface area contributed by atoms with Crippen molar-refractivity contribution in [2.24, 2.45) is 0 Å². The van der Waals surface area contributed by atoms with Crippen molar-refractivity contribution < 1.29 is 4.79 Å². The van der Waals surface area contributed by atoms with E-state index in [1.54, 1.807) is 11.3 Å². The molecular weight excluding hydrogens is 358 g/mol. The highest BCUT2D eigenvalue weighted by molar-refractivity contribution is 7.20. The lowest BCUT2D eigenvalue weighted by Crippen LogP contribution is -2.48. The van der Waals surface area contributed by atoms with Crippen LogP contribution in [-0.2, 0) is 0 Å². The lowest BCUT2D eigenvalue weighted by molar-refractivity contribution is 0.0637. The fourth-order valence-electron chi connectivity index (χ4n) is 3.44. The molecule has 0 radical (unpaired) electrons. The van der Waals surface area contributed by atoms with Gasteiger partial charge >= 0.3 is 0 Å². The molecule has 4 rings (SSSR count). The second-order valence-corrected chi connectivity index (χ2v) is 8.22. The normalized spacial score (nSPS) is 15.8. The maximum absolute atomic E-state index is 13.0. The monoisotopic (exact) mass is 383 g/mol. The molecule has 142 valence electrons. The van der Waals surface area contributed by atoms with E-state index in [1.807, 2.05) is 33.8 Å². The number of thiazole rings is 1. The molecule has 0 saturated carbocycles. The Bertz CT molecular complexity index is 919. The van der Waals surface area contributed by atoms with Crippen molar-refractivity contribution >= 4 is 27.5 Å². The number of rotatable bonds is 4. The number of carbonyl (C=O) groups excluding carboxylic acids is 1. The molecule has 6 nitrogen and oxygen atoms in total. The zero-order chi connectivity index (χ0) is 19.0. The van der Waals surface area contributed by atoms with E-state index in [0.29, 0.717) is 5.69 Å². The third-order valence-electron chi connectivity index (χ3n) is 5.12. The summed E-state index contributed by atoms with van der Waals surface area (Å²) in [5, 5.41) is 5.49. The third kappa shape index (κ3) is 3.49.